The lowest BCUT2D eigenvalue weighted by atomic mass is 9.93. The van der Waals surface area contributed by atoms with Crippen LogP contribution in [-0.2, 0) is 4.79 Å². The Labute approximate surface area is 168 Å². The van der Waals surface area contributed by atoms with Gasteiger partial charge in [-0.15, -0.1) is 0 Å². The number of fused-ring (bicyclic) bond motifs is 1. The van der Waals surface area contributed by atoms with Crippen LogP contribution in [0, 0.1) is 0 Å². The van der Waals surface area contributed by atoms with Crippen LogP contribution in [0.2, 0.25) is 10.0 Å². The summed E-state index contributed by atoms with van der Waals surface area (Å²) in [4.78, 5) is 17.8. The number of hydrogen-bond acceptors (Lipinski definition) is 2. The lowest BCUT2D eigenvalue weighted by Gasteiger charge is -2.31. The summed E-state index contributed by atoms with van der Waals surface area (Å²) >= 11 is 11.9. The molecule has 140 valence electrons. The van der Waals surface area contributed by atoms with Crippen molar-refractivity contribution in [2.75, 3.05) is 19.7 Å². The van der Waals surface area contributed by atoms with Gasteiger partial charge in [0.25, 0.3) is 5.91 Å². The number of benzene rings is 2. The highest BCUT2D eigenvalue weighted by Crippen LogP contribution is 2.31. The van der Waals surface area contributed by atoms with Crippen molar-refractivity contribution >= 4 is 40.0 Å². The quantitative estimate of drug-likeness (QED) is 0.646. The normalized spacial score (nSPS) is 15.3. The van der Waals surface area contributed by atoms with E-state index >= 15 is 0 Å². The van der Waals surface area contributed by atoms with Crippen LogP contribution in [0.3, 0.4) is 0 Å². The zero-order valence-corrected chi connectivity index (χ0v) is 16.3. The van der Waals surface area contributed by atoms with Crippen molar-refractivity contribution in [3.05, 3.63) is 64.3 Å². The molecular formula is C21H20Cl2N2O2. The van der Waals surface area contributed by atoms with E-state index in [9.17, 15) is 4.79 Å². The van der Waals surface area contributed by atoms with Crippen LogP contribution < -0.4 is 4.74 Å². The monoisotopic (exact) mass is 402 g/mol. The largest absolute Gasteiger partial charge is 0.484 e. The van der Waals surface area contributed by atoms with Gasteiger partial charge in [-0.3, -0.25) is 4.79 Å². The minimum absolute atomic E-state index is 0.0202. The number of H-pyrrole nitrogens is 1. The molecule has 0 atom stereocenters. The predicted molar refractivity (Wildman–Crippen MR) is 109 cm³/mol. The Morgan fingerprint density at radius 1 is 1.04 bits per heavy atom. The molecule has 0 radical (unpaired) electrons. The van der Waals surface area contributed by atoms with Crippen LogP contribution in [0.25, 0.3) is 10.9 Å². The molecule has 4 rings (SSSR count). The fraction of sp³-hybridized carbons (Fsp3) is 0.286. The van der Waals surface area contributed by atoms with E-state index in [1.165, 1.54) is 5.69 Å². The Hall–Kier alpha value is -2.17. The minimum Gasteiger partial charge on any atom is -0.484 e. The Kier molecular flexibility index (Phi) is 5.28. The summed E-state index contributed by atoms with van der Waals surface area (Å²) in [5, 5.41) is 2.52. The van der Waals surface area contributed by atoms with E-state index in [0.717, 1.165) is 41.9 Å². The van der Waals surface area contributed by atoms with Crippen molar-refractivity contribution in [1.29, 1.82) is 0 Å². The molecule has 0 spiro atoms. The molecule has 2 aromatic carbocycles. The van der Waals surface area contributed by atoms with Crippen LogP contribution in [0.15, 0.2) is 48.5 Å². The Morgan fingerprint density at radius 3 is 2.48 bits per heavy atom. The molecule has 1 aliphatic rings. The van der Waals surface area contributed by atoms with Crippen molar-refractivity contribution in [3.8, 4) is 5.75 Å². The first-order chi connectivity index (χ1) is 13.1. The number of hydrogen-bond donors (Lipinski definition) is 1. The maximum absolute atomic E-state index is 12.4. The standard InChI is InChI=1S/C21H20Cl2N2O2/c22-16-1-4-18(5-2-16)27-13-21(26)25-9-7-14(8-10-25)20-12-15-11-17(23)3-6-19(15)24-20/h1-6,11-12,14,24H,7-10,13H2. The van der Waals surface area contributed by atoms with Gasteiger partial charge < -0.3 is 14.6 Å². The number of carbonyl (C=O) groups is 1. The first kappa shape index (κ1) is 18.2. The molecule has 1 fully saturated rings. The Morgan fingerprint density at radius 2 is 1.74 bits per heavy atom. The number of likely N-dealkylation sites (tertiary alicyclic amines) is 1. The molecule has 1 aromatic heterocycles. The molecule has 6 heteroatoms. The van der Waals surface area contributed by atoms with Gasteiger partial charge in [0, 0.05) is 45.6 Å². The van der Waals surface area contributed by atoms with Crippen LogP contribution in [-0.4, -0.2) is 35.5 Å². The van der Waals surface area contributed by atoms with Crippen LogP contribution in [0.1, 0.15) is 24.5 Å². The van der Waals surface area contributed by atoms with Crippen LogP contribution >= 0.6 is 23.2 Å². The van der Waals surface area contributed by atoms with Gasteiger partial charge in [0.1, 0.15) is 5.75 Å². The highest BCUT2D eigenvalue weighted by molar-refractivity contribution is 6.31. The fourth-order valence-electron chi connectivity index (χ4n) is 3.55. The van der Waals surface area contributed by atoms with Gasteiger partial charge in [0.2, 0.25) is 0 Å². The summed E-state index contributed by atoms with van der Waals surface area (Å²) in [7, 11) is 0. The molecular weight excluding hydrogens is 383 g/mol. The van der Waals surface area contributed by atoms with Crippen molar-refractivity contribution in [2.45, 2.75) is 18.8 Å². The summed E-state index contributed by atoms with van der Waals surface area (Å²) in [6, 6.07) is 15.1. The molecule has 1 aliphatic heterocycles. The number of nitrogens with one attached hydrogen (secondary N) is 1. The van der Waals surface area contributed by atoms with E-state index in [-0.39, 0.29) is 12.5 Å². The number of amides is 1. The third kappa shape index (κ3) is 4.23. The lowest BCUT2D eigenvalue weighted by molar-refractivity contribution is -0.134. The second-order valence-electron chi connectivity index (χ2n) is 6.85. The maximum atomic E-state index is 12.4. The number of rotatable bonds is 4. The smallest absolute Gasteiger partial charge is 0.260 e. The molecule has 0 saturated carbocycles. The average molecular weight is 403 g/mol. The molecule has 1 amide bonds. The number of aromatic nitrogens is 1. The summed E-state index contributed by atoms with van der Waals surface area (Å²) in [5.41, 5.74) is 2.32. The van der Waals surface area contributed by atoms with Crippen molar-refractivity contribution in [1.82, 2.24) is 9.88 Å². The Bertz CT molecular complexity index is 944. The molecule has 2 heterocycles. The van der Waals surface area contributed by atoms with Crippen molar-refractivity contribution < 1.29 is 9.53 Å². The summed E-state index contributed by atoms with van der Waals surface area (Å²) in [6.45, 7) is 1.53. The highest BCUT2D eigenvalue weighted by atomic mass is 35.5. The third-order valence-corrected chi connectivity index (χ3v) is 5.55. The number of halogens is 2. The third-order valence-electron chi connectivity index (χ3n) is 5.07. The zero-order chi connectivity index (χ0) is 18.8. The molecule has 1 N–H and O–H groups in total. The van der Waals surface area contributed by atoms with Crippen molar-refractivity contribution in [2.24, 2.45) is 0 Å². The van der Waals surface area contributed by atoms with Gasteiger partial charge >= 0.3 is 0 Å². The van der Waals surface area contributed by atoms with E-state index in [4.69, 9.17) is 27.9 Å². The number of carbonyl (C=O) groups excluding carboxylic acids is 1. The average Bonchev–Trinajstić information content (AvgIpc) is 3.10. The van der Waals surface area contributed by atoms with E-state index in [1.54, 1.807) is 24.3 Å². The van der Waals surface area contributed by atoms with E-state index in [0.29, 0.717) is 16.7 Å². The number of piperidine rings is 1. The van der Waals surface area contributed by atoms with Gasteiger partial charge in [0.05, 0.1) is 0 Å². The van der Waals surface area contributed by atoms with Gasteiger partial charge in [-0.1, -0.05) is 23.2 Å². The molecule has 4 nitrogen and oxygen atoms in total. The van der Waals surface area contributed by atoms with E-state index in [1.807, 2.05) is 23.1 Å². The maximum Gasteiger partial charge on any atom is 0.260 e. The lowest BCUT2D eigenvalue weighted by Crippen LogP contribution is -2.40. The number of aromatic amines is 1. The summed E-state index contributed by atoms with van der Waals surface area (Å²) in [5.74, 6) is 1.10. The first-order valence-corrected chi connectivity index (χ1v) is 9.78. The van der Waals surface area contributed by atoms with E-state index < -0.39 is 0 Å². The molecule has 0 bridgehead atoms. The molecule has 0 aliphatic carbocycles. The second kappa shape index (κ2) is 7.83. The second-order valence-corrected chi connectivity index (χ2v) is 7.73. The Balaban J connectivity index is 1.32. The van der Waals surface area contributed by atoms with E-state index in [2.05, 4.69) is 11.1 Å². The predicted octanol–water partition coefficient (Wildman–Crippen LogP) is 5.26. The van der Waals surface area contributed by atoms with Crippen LogP contribution in [0.4, 0.5) is 0 Å². The summed E-state index contributed by atoms with van der Waals surface area (Å²) < 4.78 is 5.57. The van der Waals surface area contributed by atoms with Crippen molar-refractivity contribution in [3.63, 3.8) is 0 Å². The molecule has 1 saturated heterocycles. The minimum atomic E-state index is 0.0202. The summed E-state index contributed by atoms with van der Waals surface area (Å²) in [6.07, 6.45) is 1.88. The number of nitrogens with zero attached hydrogens (tertiary/aromatic N) is 1. The van der Waals surface area contributed by atoms with Gasteiger partial charge in [-0.25, -0.2) is 0 Å². The zero-order valence-electron chi connectivity index (χ0n) is 14.8. The van der Waals surface area contributed by atoms with Gasteiger partial charge in [-0.05, 0) is 61.4 Å². The first-order valence-electron chi connectivity index (χ1n) is 9.03. The number of ether oxygens (including phenoxy) is 1. The fourth-order valence-corrected chi connectivity index (χ4v) is 3.86. The molecule has 0 unspecified atom stereocenters. The topological polar surface area (TPSA) is 45.3 Å². The molecule has 3 aromatic rings. The highest BCUT2D eigenvalue weighted by Gasteiger charge is 2.25. The van der Waals surface area contributed by atoms with Gasteiger partial charge in [-0.2, -0.15) is 0 Å². The SMILES string of the molecule is O=C(COc1ccc(Cl)cc1)N1CCC(c2cc3cc(Cl)ccc3[nH]2)CC1. The van der Waals surface area contributed by atoms with Gasteiger partial charge in [0.15, 0.2) is 6.61 Å². The molecule has 27 heavy (non-hydrogen) atoms. The van der Waals surface area contributed by atoms with Crippen LogP contribution in [0.5, 0.6) is 5.75 Å².